The summed E-state index contributed by atoms with van der Waals surface area (Å²) in [6.07, 6.45) is 4.18. The summed E-state index contributed by atoms with van der Waals surface area (Å²) in [6.45, 7) is 0.663. The van der Waals surface area contributed by atoms with E-state index in [0.29, 0.717) is 18.7 Å². The van der Waals surface area contributed by atoms with Gasteiger partial charge in [0, 0.05) is 12.6 Å². The molecule has 0 spiro atoms. The van der Waals surface area contributed by atoms with Crippen molar-refractivity contribution in [2.24, 2.45) is 0 Å². The maximum absolute atomic E-state index is 12.9. The van der Waals surface area contributed by atoms with Crippen LogP contribution in [0.4, 0.5) is 0 Å². The SMILES string of the molecule is [B]C1C[C@H]2CC[C@@H]1c1ccccc1OCC(=O)N1CC[C@H](NS(C)(=O)=O)[C@@H]1CO2. The third-order valence-electron chi connectivity index (χ3n) is 6.26. The fourth-order valence-corrected chi connectivity index (χ4v) is 5.68. The smallest absolute Gasteiger partial charge is 0.260 e. The summed E-state index contributed by atoms with van der Waals surface area (Å²) >= 11 is 0. The monoisotopic (exact) mass is 418 g/mol. The Morgan fingerprint density at radius 1 is 1.21 bits per heavy atom. The summed E-state index contributed by atoms with van der Waals surface area (Å²) in [6, 6.07) is 7.05. The number of para-hydroxylation sites is 1. The van der Waals surface area contributed by atoms with Crippen LogP contribution in [0.2, 0.25) is 5.82 Å². The Kier molecular flexibility index (Phi) is 5.91. The molecule has 3 heterocycles. The largest absolute Gasteiger partial charge is 0.483 e. The zero-order valence-electron chi connectivity index (χ0n) is 16.6. The molecule has 9 heteroatoms. The molecule has 1 aromatic rings. The molecule has 0 aromatic heterocycles. The lowest BCUT2D eigenvalue weighted by molar-refractivity contribution is -0.136. The number of carbonyl (C=O) groups excluding carboxylic acids is 1. The van der Waals surface area contributed by atoms with Crippen molar-refractivity contribution in [3.63, 3.8) is 0 Å². The standard InChI is InChI=1S/C20H27BN2O5S/c1-29(25,26)22-17-8-9-23-18(17)11-27-13-6-7-14(16(21)10-13)15-4-2-3-5-19(15)28-12-20(23)24/h2-5,13-14,16-18,22H,6-12H2,1H3/t13-,14-,16?,17+,18+/m1/s1. The van der Waals surface area contributed by atoms with Crippen molar-refractivity contribution in [1.82, 2.24) is 9.62 Å². The van der Waals surface area contributed by atoms with Crippen molar-refractivity contribution in [3.05, 3.63) is 29.8 Å². The van der Waals surface area contributed by atoms with Crippen LogP contribution in [0.3, 0.4) is 0 Å². The van der Waals surface area contributed by atoms with Gasteiger partial charge in [-0.1, -0.05) is 24.0 Å². The number of amides is 1. The van der Waals surface area contributed by atoms with Crippen molar-refractivity contribution >= 4 is 23.8 Å². The van der Waals surface area contributed by atoms with Crippen LogP contribution < -0.4 is 9.46 Å². The van der Waals surface area contributed by atoms with Crippen LogP contribution in [0.15, 0.2) is 24.3 Å². The van der Waals surface area contributed by atoms with E-state index in [2.05, 4.69) is 4.72 Å². The van der Waals surface area contributed by atoms with Crippen molar-refractivity contribution in [2.45, 2.75) is 55.6 Å². The van der Waals surface area contributed by atoms with E-state index in [0.717, 1.165) is 31.1 Å². The third-order valence-corrected chi connectivity index (χ3v) is 6.99. The fraction of sp³-hybridized carbons (Fsp3) is 0.650. The lowest BCUT2D eigenvalue weighted by Crippen LogP contribution is -2.50. The second-order valence-corrected chi connectivity index (χ2v) is 10.1. The topological polar surface area (TPSA) is 84.9 Å². The maximum atomic E-state index is 12.9. The predicted octanol–water partition coefficient (Wildman–Crippen LogP) is 1.21. The van der Waals surface area contributed by atoms with Gasteiger partial charge >= 0.3 is 0 Å². The van der Waals surface area contributed by atoms with Gasteiger partial charge in [-0.25, -0.2) is 13.1 Å². The molecule has 2 fully saturated rings. The number of hydrogen-bond donors (Lipinski definition) is 1. The van der Waals surface area contributed by atoms with Crippen molar-refractivity contribution < 1.29 is 22.7 Å². The van der Waals surface area contributed by atoms with Crippen LogP contribution in [-0.4, -0.2) is 71.3 Å². The summed E-state index contributed by atoms with van der Waals surface area (Å²) in [5, 5.41) is 0. The maximum Gasteiger partial charge on any atom is 0.260 e. The normalized spacial score (nSPS) is 33.1. The molecule has 5 atom stereocenters. The number of benzene rings is 1. The average molecular weight is 418 g/mol. The Bertz CT molecular complexity index is 864. The second-order valence-electron chi connectivity index (χ2n) is 8.30. The van der Waals surface area contributed by atoms with Gasteiger partial charge in [0.1, 0.15) is 5.75 Å². The van der Waals surface area contributed by atoms with Gasteiger partial charge in [-0.05, 0) is 43.2 Å². The lowest BCUT2D eigenvalue weighted by atomic mass is 9.65. The van der Waals surface area contributed by atoms with E-state index in [4.69, 9.17) is 17.3 Å². The predicted molar refractivity (Wildman–Crippen MR) is 110 cm³/mol. The minimum absolute atomic E-state index is 0.00604. The van der Waals surface area contributed by atoms with Gasteiger partial charge < -0.3 is 14.4 Å². The number of rotatable bonds is 2. The molecular weight excluding hydrogens is 391 g/mol. The Hall–Kier alpha value is -1.58. The van der Waals surface area contributed by atoms with Crippen LogP contribution in [0, 0.1) is 0 Å². The molecule has 1 saturated heterocycles. The van der Waals surface area contributed by atoms with Crippen LogP contribution in [0.1, 0.15) is 37.2 Å². The van der Waals surface area contributed by atoms with Crippen molar-refractivity contribution in [2.75, 3.05) is 26.0 Å². The van der Waals surface area contributed by atoms with Gasteiger partial charge in [0.25, 0.3) is 5.91 Å². The Labute approximate surface area is 173 Å². The van der Waals surface area contributed by atoms with E-state index in [-0.39, 0.29) is 49.0 Å². The summed E-state index contributed by atoms with van der Waals surface area (Å²) in [4.78, 5) is 14.6. The molecular formula is C20H27BN2O5S. The first-order valence-electron chi connectivity index (χ1n) is 10.2. The minimum Gasteiger partial charge on any atom is -0.483 e. The van der Waals surface area contributed by atoms with Crippen LogP contribution >= 0.6 is 0 Å². The van der Waals surface area contributed by atoms with Crippen molar-refractivity contribution in [1.29, 1.82) is 0 Å². The number of carbonyl (C=O) groups is 1. The second kappa shape index (κ2) is 8.28. The molecule has 29 heavy (non-hydrogen) atoms. The highest BCUT2D eigenvalue weighted by atomic mass is 32.2. The minimum atomic E-state index is -3.39. The van der Waals surface area contributed by atoms with Crippen molar-refractivity contribution in [3.8, 4) is 5.75 Å². The van der Waals surface area contributed by atoms with Crippen LogP contribution in [0.25, 0.3) is 0 Å². The van der Waals surface area contributed by atoms with Gasteiger partial charge in [0.05, 0.1) is 32.9 Å². The quantitative estimate of drug-likeness (QED) is 0.730. The highest BCUT2D eigenvalue weighted by Gasteiger charge is 2.40. The van der Waals surface area contributed by atoms with Crippen LogP contribution in [-0.2, 0) is 19.6 Å². The van der Waals surface area contributed by atoms with Gasteiger partial charge in [0.15, 0.2) is 6.61 Å². The zero-order valence-corrected chi connectivity index (χ0v) is 17.4. The highest BCUT2D eigenvalue weighted by molar-refractivity contribution is 7.88. The van der Waals surface area contributed by atoms with E-state index < -0.39 is 10.0 Å². The first-order valence-corrected chi connectivity index (χ1v) is 12.1. The van der Waals surface area contributed by atoms with Gasteiger partial charge in [-0.2, -0.15) is 0 Å². The molecule has 1 amide bonds. The third kappa shape index (κ3) is 4.62. The molecule has 2 bridgehead atoms. The summed E-state index contributed by atoms with van der Waals surface area (Å²) in [5.74, 6) is 0.643. The molecule has 1 N–H and O–H groups in total. The van der Waals surface area contributed by atoms with Gasteiger partial charge in [-0.15, -0.1) is 0 Å². The molecule has 2 radical (unpaired) electrons. The highest BCUT2D eigenvalue weighted by Crippen LogP contribution is 2.44. The summed E-state index contributed by atoms with van der Waals surface area (Å²) < 4.78 is 38.3. The molecule has 7 nitrogen and oxygen atoms in total. The van der Waals surface area contributed by atoms with Gasteiger partial charge in [-0.3, -0.25) is 4.79 Å². The Morgan fingerprint density at radius 3 is 2.76 bits per heavy atom. The van der Waals surface area contributed by atoms with Crippen LogP contribution in [0.5, 0.6) is 5.75 Å². The molecule has 5 rings (SSSR count). The number of fused-ring (bicyclic) bond motifs is 5. The number of nitrogens with one attached hydrogen (secondary N) is 1. The average Bonchev–Trinajstić information content (AvgIpc) is 3.05. The first kappa shape index (κ1) is 20.7. The zero-order chi connectivity index (χ0) is 20.6. The summed E-state index contributed by atoms with van der Waals surface area (Å²) in [7, 11) is 3.11. The van der Waals surface area contributed by atoms with E-state index in [1.807, 2.05) is 24.3 Å². The fourth-order valence-electron chi connectivity index (χ4n) is 4.86. The summed E-state index contributed by atoms with van der Waals surface area (Å²) in [5.41, 5.74) is 1.04. The number of sulfonamides is 1. The van der Waals surface area contributed by atoms with E-state index >= 15 is 0 Å². The van der Waals surface area contributed by atoms with E-state index in [1.165, 1.54) is 0 Å². The van der Waals surface area contributed by atoms with Gasteiger partial charge in [0.2, 0.25) is 10.0 Å². The molecule has 1 unspecified atom stereocenters. The lowest BCUT2D eigenvalue weighted by Gasteiger charge is -2.36. The molecule has 3 aliphatic heterocycles. The number of nitrogens with zero attached hydrogens (tertiary/aromatic N) is 1. The number of ether oxygens (including phenoxy) is 2. The molecule has 1 aromatic carbocycles. The first-order chi connectivity index (χ1) is 13.8. The van der Waals surface area contributed by atoms with E-state index in [9.17, 15) is 13.2 Å². The molecule has 1 saturated carbocycles. The molecule has 156 valence electrons. The molecule has 1 aliphatic carbocycles. The van der Waals surface area contributed by atoms with E-state index in [1.54, 1.807) is 4.90 Å². The Morgan fingerprint density at radius 2 is 2.00 bits per heavy atom. The molecule has 4 aliphatic rings. The Balaban J connectivity index is 1.62. The number of hydrogen-bond acceptors (Lipinski definition) is 5.